The van der Waals surface area contributed by atoms with Crippen molar-refractivity contribution in [2.45, 2.75) is 6.42 Å². The first-order valence-corrected chi connectivity index (χ1v) is 9.24. The van der Waals surface area contributed by atoms with E-state index >= 15 is 0 Å². The van der Waals surface area contributed by atoms with Gasteiger partial charge in [0, 0.05) is 17.0 Å². The summed E-state index contributed by atoms with van der Waals surface area (Å²) >= 11 is 7.64. The molecule has 0 amide bonds. The maximum absolute atomic E-state index is 12.2. The Morgan fingerprint density at radius 3 is 2.81 bits per heavy atom. The molecular formula is C19H14ClNO4S. The average molecular weight is 388 g/mol. The number of fused-ring (bicyclic) bond motifs is 1. The van der Waals surface area contributed by atoms with Gasteiger partial charge in [0.05, 0.1) is 17.1 Å². The molecule has 5 nitrogen and oxygen atoms in total. The van der Waals surface area contributed by atoms with Crippen molar-refractivity contribution in [3.05, 3.63) is 58.6 Å². The number of nitrogens with zero attached hydrogens (tertiary/aromatic N) is 1. The third-order valence-electron chi connectivity index (χ3n) is 3.73. The van der Waals surface area contributed by atoms with Gasteiger partial charge >= 0.3 is 5.97 Å². The van der Waals surface area contributed by atoms with Crippen LogP contribution in [0, 0.1) is 0 Å². The van der Waals surface area contributed by atoms with Crippen LogP contribution in [0.2, 0.25) is 5.02 Å². The number of esters is 1. The van der Waals surface area contributed by atoms with Gasteiger partial charge in [-0.25, -0.2) is 4.98 Å². The largest absolute Gasteiger partial charge is 0.486 e. The molecule has 0 fully saturated rings. The summed E-state index contributed by atoms with van der Waals surface area (Å²) in [4.78, 5) is 16.7. The number of halogens is 1. The summed E-state index contributed by atoms with van der Waals surface area (Å²) in [5, 5.41) is 3.24. The van der Waals surface area contributed by atoms with Crippen LogP contribution in [0.4, 0.5) is 0 Å². The lowest BCUT2D eigenvalue weighted by Gasteiger charge is -2.18. The Labute approximate surface area is 159 Å². The maximum atomic E-state index is 12.2. The number of thiazole rings is 1. The van der Waals surface area contributed by atoms with Crippen molar-refractivity contribution in [3.63, 3.8) is 0 Å². The SMILES string of the molecule is O=C(Cc1csc(-c2ccccc2Cl)n1)Oc1ccc2c(c1)OCCO2. The molecule has 1 aromatic heterocycles. The van der Waals surface area contributed by atoms with Crippen molar-refractivity contribution in [2.75, 3.05) is 13.2 Å². The van der Waals surface area contributed by atoms with Gasteiger partial charge in [0.2, 0.25) is 0 Å². The molecule has 2 aromatic carbocycles. The summed E-state index contributed by atoms with van der Waals surface area (Å²) < 4.78 is 16.3. The molecule has 1 aliphatic rings. The summed E-state index contributed by atoms with van der Waals surface area (Å²) in [7, 11) is 0. The number of carbonyl (C=O) groups is 1. The van der Waals surface area contributed by atoms with Crippen molar-refractivity contribution in [3.8, 4) is 27.8 Å². The highest BCUT2D eigenvalue weighted by Gasteiger charge is 2.15. The van der Waals surface area contributed by atoms with Crippen LogP contribution in [0.25, 0.3) is 10.6 Å². The minimum absolute atomic E-state index is 0.0788. The van der Waals surface area contributed by atoms with E-state index in [1.165, 1.54) is 11.3 Å². The summed E-state index contributed by atoms with van der Waals surface area (Å²) in [5.41, 5.74) is 1.50. The second-order valence-corrected chi connectivity index (χ2v) is 6.85. The molecule has 0 bridgehead atoms. The lowest BCUT2D eigenvalue weighted by Crippen LogP contribution is -2.16. The molecule has 7 heteroatoms. The summed E-state index contributed by atoms with van der Waals surface area (Å²) in [6.45, 7) is 0.998. The van der Waals surface area contributed by atoms with E-state index < -0.39 is 5.97 Å². The van der Waals surface area contributed by atoms with Gasteiger partial charge in [-0.2, -0.15) is 0 Å². The fourth-order valence-electron chi connectivity index (χ4n) is 2.55. The molecule has 0 radical (unpaired) electrons. The monoisotopic (exact) mass is 387 g/mol. The van der Waals surface area contributed by atoms with Crippen molar-refractivity contribution >= 4 is 28.9 Å². The van der Waals surface area contributed by atoms with Crippen LogP contribution in [0.3, 0.4) is 0 Å². The average Bonchev–Trinajstić information content (AvgIpc) is 3.10. The highest BCUT2D eigenvalue weighted by molar-refractivity contribution is 7.13. The van der Waals surface area contributed by atoms with E-state index in [0.717, 1.165) is 10.6 Å². The minimum atomic E-state index is -0.391. The molecule has 2 heterocycles. The van der Waals surface area contributed by atoms with Crippen molar-refractivity contribution < 1.29 is 19.0 Å². The molecule has 0 aliphatic carbocycles. The normalized spacial score (nSPS) is 12.7. The first-order valence-electron chi connectivity index (χ1n) is 7.99. The molecule has 1 aliphatic heterocycles. The zero-order valence-electron chi connectivity index (χ0n) is 13.6. The smallest absolute Gasteiger partial charge is 0.317 e. The first-order chi connectivity index (χ1) is 12.7. The Balaban J connectivity index is 1.43. The van der Waals surface area contributed by atoms with E-state index in [4.69, 9.17) is 25.8 Å². The molecule has 0 unspecified atom stereocenters. The zero-order chi connectivity index (χ0) is 17.9. The number of aromatic nitrogens is 1. The van der Waals surface area contributed by atoms with Gasteiger partial charge in [-0.3, -0.25) is 4.79 Å². The summed E-state index contributed by atoms with van der Waals surface area (Å²) in [6, 6.07) is 12.6. The van der Waals surface area contributed by atoms with Crippen molar-refractivity contribution in [1.82, 2.24) is 4.98 Å². The van der Waals surface area contributed by atoms with Gasteiger partial charge in [0.1, 0.15) is 24.0 Å². The molecule has 4 rings (SSSR count). The van der Waals surface area contributed by atoms with E-state index in [1.54, 1.807) is 18.2 Å². The number of hydrogen-bond donors (Lipinski definition) is 0. The van der Waals surface area contributed by atoms with Crippen LogP contribution < -0.4 is 14.2 Å². The third kappa shape index (κ3) is 3.66. The lowest BCUT2D eigenvalue weighted by atomic mass is 10.2. The second kappa shape index (κ2) is 7.35. The van der Waals surface area contributed by atoms with Crippen LogP contribution in [0.15, 0.2) is 47.8 Å². The number of hydrogen-bond acceptors (Lipinski definition) is 6. The van der Waals surface area contributed by atoms with Gasteiger partial charge in [0.25, 0.3) is 0 Å². The molecule has 26 heavy (non-hydrogen) atoms. The van der Waals surface area contributed by atoms with Gasteiger partial charge < -0.3 is 14.2 Å². The quantitative estimate of drug-likeness (QED) is 0.491. The first kappa shape index (κ1) is 16.9. The Morgan fingerprint density at radius 1 is 1.15 bits per heavy atom. The highest BCUT2D eigenvalue weighted by Crippen LogP contribution is 2.34. The third-order valence-corrected chi connectivity index (χ3v) is 4.98. The van der Waals surface area contributed by atoms with Crippen LogP contribution in [-0.2, 0) is 11.2 Å². The number of ether oxygens (including phenoxy) is 3. The number of rotatable bonds is 4. The lowest BCUT2D eigenvalue weighted by molar-refractivity contribution is -0.133. The zero-order valence-corrected chi connectivity index (χ0v) is 15.2. The predicted octanol–water partition coefficient (Wildman–Crippen LogP) is 4.38. The number of benzene rings is 2. The maximum Gasteiger partial charge on any atom is 0.317 e. The fourth-order valence-corrected chi connectivity index (χ4v) is 3.69. The Kier molecular flexibility index (Phi) is 4.77. The molecule has 0 atom stereocenters. The van der Waals surface area contributed by atoms with E-state index in [9.17, 15) is 4.79 Å². The predicted molar refractivity (Wildman–Crippen MR) is 99.3 cm³/mol. The van der Waals surface area contributed by atoms with Gasteiger partial charge in [-0.15, -0.1) is 11.3 Å². The van der Waals surface area contributed by atoms with Crippen molar-refractivity contribution in [2.24, 2.45) is 0 Å². The molecule has 0 N–H and O–H groups in total. The second-order valence-electron chi connectivity index (χ2n) is 5.58. The Hall–Kier alpha value is -2.57. The Bertz CT molecular complexity index is 956. The number of carbonyl (C=O) groups excluding carboxylic acids is 1. The minimum Gasteiger partial charge on any atom is -0.486 e. The standard InChI is InChI=1S/C19H14ClNO4S/c20-15-4-2-1-3-14(15)19-21-12(11-26-19)9-18(22)25-13-5-6-16-17(10-13)24-8-7-23-16/h1-6,10-11H,7-9H2. The molecule has 3 aromatic rings. The molecule has 0 saturated heterocycles. The van der Waals surface area contributed by atoms with Gasteiger partial charge in [-0.1, -0.05) is 29.8 Å². The van der Waals surface area contributed by atoms with Crippen molar-refractivity contribution in [1.29, 1.82) is 0 Å². The molecule has 132 valence electrons. The molecule has 0 saturated carbocycles. The van der Waals surface area contributed by atoms with E-state index in [2.05, 4.69) is 4.98 Å². The summed E-state index contributed by atoms with van der Waals surface area (Å²) in [5.74, 6) is 1.26. The topological polar surface area (TPSA) is 57.7 Å². The van der Waals surface area contributed by atoms with Gasteiger partial charge in [0.15, 0.2) is 11.5 Å². The van der Waals surface area contributed by atoms with E-state index in [-0.39, 0.29) is 6.42 Å². The van der Waals surface area contributed by atoms with Gasteiger partial charge in [-0.05, 0) is 18.2 Å². The Morgan fingerprint density at radius 2 is 1.96 bits per heavy atom. The molecular weight excluding hydrogens is 374 g/mol. The molecule has 0 spiro atoms. The van der Waals surface area contributed by atoms with E-state index in [1.807, 2.05) is 29.6 Å². The van der Waals surface area contributed by atoms with Crippen LogP contribution in [-0.4, -0.2) is 24.2 Å². The fraction of sp³-hybridized carbons (Fsp3) is 0.158. The summed E-state index contributed by atoms with van der Waals surface area (Å²) in [6.07, 6.45) is 0.0788. The highest BCUT2D eigenvalue weighted by atomic mass is 35.5. The van der Waals surface area contributed by atoms with Crippen LogP contribution >= 0.6 is 22.9 Å². The van der Waals surface area contributed by atoms with Crippen LogP contribution in [0.1, 0.15) is 5.69 Å². The van der Waals surface area contributed by atoms with E-state index in [0.29, 0.717) is 41.2 Å². The van der Waals surface area contributed by atoms with Crippen LogP contribution in [0.5, 0.6) is 17.2 Å².